The Bertz CT molecular complexity index is 5780. The van der Waals surface area contributed by atoms with E-state index in [1.54, 1.807) is 0 Å². The van der Waals surface area contributed by atoms with Crippen LogP contribution >= 0.6 is 0 Å². The van der Waals surface area contributed by atoms with Crippen LogP contribution in [0.25, 0.3) is 111 Å². The van der Waals surface area contributed by atoms with E-state index in [2.05, 4.69) is 295 Å². The topological polar surface area (TPSA) is 29.5 Å². The number of nitrogens with zero attached hydrogens (tertiary/aromatic N) is 1. The normalized spacial score (nSPS) is 15.7. The van der Waals surface area contributed by atoms with Crippen molar-refractivity contribution in [2.45, 2.75) is 63.2 Å². The van der Waals surface area contributed by atoms with Gasteiger partial charge in [0.2, 0.25) is 0 Å². The number of hydrogen-bond acceptors (Lipinski definition) is 3. The highest BCUT2D eigenvalue weighted by atomic mass is 16.3. The molecule has 0 unspecified atom stereocenters. The summed E-state index contributed by atoms with van der Waals surface area (Å²) in [4.78, 5) is 2.56. The van der Waals surface area contributed by atoms with E-state index >= 15 is 0 Å². The van der Waals surface area contributed by atoms with Crippen LogP contribution < -0.4 is 4.90 Å². The van der Waals surface area contributed by atoms with Gasteiger partial charge in [-0.25, -0.2) is 0 Å². The van der Waals surface area contributed by atoms with E-state index in [1.807, 2.05) is 0 Å². The van der Waals surface area contributed by atoms with Gasteiger partial charge in [0.25, 0.3) is 0 Å². The lowest BCUT2D eigenvalue weighted by Crippen LogP contribution is -2.27. The Morgan fingerprint density at radius 1 is 0.275 bits per heavy atom. The number of furan rings is 2. The Morgan fingerprint density at radius 2 is 0.714 bits per heavy atom. The number of anilines is 3. The average molecular weight is 1160 g/mol. The molecule has 13 aromatic carbocycles. The molecule has 0 amide bonds. The zero-order chi connectivity index (χ0) is 60.3. The summed E-state index contributed by atoms with van der Waals surface area (Å²) < 4.78 is 14.0. The molecule has 6 aliphatic carbocycles. The van der Waals surface area contributed by atoms with Crippen molar-refractivity contribution >= 4 is 60.9 Å². The second-order valence-corrected chi connectivity index (χ2v) is 27.8. The van der Waals surface area contributed by atoms with E-state index in [1.165, 1.54) is 161 Å². The molecule has 3 nitrogen and oxygen atoms in total. The molecule has 2 aromatic heterocycles. The summed E-state index contributed by atoms with van der Waals surface area (Å²) in [5.41, 5.74) is 38.9. The van der Waals surface area contributed by atoms with Crippen molar-refractivity contribution < 1.29 is 8.83 Å². The molecule has 0 fully saturated rings. The number of para-hydroxylation sites is 2. The van der Waals surface area contributed by atoms with Gasteiger partial charge in [-0.05, 0) is 220 Å². The maximum absolute atomic E-state index is 7.18. The minimum Gasteiger partial charge on any atom is -0.456 e. The number of benzene rings is 13. The van der Waals surface area contributed by atoms with Crippen LogP contribution in [0, 0.1) is 13.8 Å². The molecule has 21 rings (SSSR count). The molecule has 2 spiro atoms. The summed E-state index contributed by atoms with van der Waals surface area (Å²) in [6, 6.07) is 95.1. The second kappa shape index (κ2) is 16.7. The Balaban J connectivity index is 0.837. The molecule has 0 aliphatic heterocycles. The molecule has 0 saturated carbocycles. The van der Waals surface area contributed by atoms with Gasteiger partial charge in [0.05, 0.1) is 10.8 Å². The second-order valence-electron chi connectivity index (χ2n) is 27.8. The Hall–Kier alpha value is -10.7. The maximum atomic E-state index is 7.18. The van der Waals surface area contributed by atoms with Gasteiger partial charge < -0.3 is 13.7 Å². The van der Waals surface area contributed by atoms with Gasteiger partial charge in [-0.15, -0.1) is 0 Å². The third-order valence-corrected chi connectivity index (χ3v) is 22.7. The summed E-state index contributed by atoms with van der Waals surface area (Å²) in [7, 11) is 0. The lowest BCUT2D eigenvalue weighted by atomic mass is 9.68. The fraction of sp³-hybridized carbons (Fsp3) is 0.114. The van der Waals surface area contributed by atoms with Crippen molar-refractivity contribution in [3.8, 4) is 66.8 Å². The fourth-order valence-corrected chi connectivity index (χ4v) is 19.4. The molecule has 0 N–H and O–H groups in total. The van der Waals surface area contributed by atoms with Crippen LogP contribution in [0.5, 0.6) is 0 Å². The summed E-state index contributed by atoms with van der Waals surface area (Å²) in [6.07, 6.45) is 0. The van der Waals surface area contributed by atoms with Crippen molar-refractivity contribution in [2.24, 2.45) is 0 Å². The van der Waals surface area contributed by atoms with Gasteiger partial charge in [0.15, 0.2) is 0 Å². The SMILES string of the molecule is Cc1cc(C)cc(N(c2ccc3c(c2)C(C)(C)c2c4c(c5c(oc6ccccc65)c2-3)-c2ccccc2C4(C)C)c2ccc3c(c2)C2(c4ccccc4-c4ccccc42)c2cc4c(cc2-3)C2(c3ccccc3-c3ccccc32)c2ccc3oc5ccccc5c3c2-4)c1. The van der Waals surface area contributed by atoms with Crippen LogP contribution in [0.2, 0.25) is 0 Å². The van der Waals surface area contributed by atoms with Crippen molar-refractivity contribution in [3.05, 3.63) is 327 Å². The van der Waals surface area contributed by atoms with Crippen LogP contribution in [-0.4, -0.2) is 0 Å². The highest BCUT2D eigenvalue weighted by molar-refractivity contribution is 6.21. The lowest BCUT2D eigenvalue weighted by Gasteiger charge is -2.33. The van der Waals surface area contributed by atoms with E-state index in [-0.39, 0.29) is 5.41 Å². The van der Waals surface area contributed by atoms with Crippen molar-refractivity contribution in [3.63, 3.8) is 0 Å². The smallest absolute Gasteiger partial charge is 0.144 e. The fourth-order valence-electron chi connectivity index (χ4n) is 19.4. The largest absolute Gasteiger partial charge is 0.456 e. The predicted octanol–water partition coefficient (Wildman–Crippen LogP) is 22.9. The Labute approximate surface area is 528 Å². The van der Waals surface area contributed by atoms with Gasteiger partial charge in [-0.1, -0.05) is 210 Å². The summed E-state index contributed by atoms with van der Waals surface area (Å²) >= 11 is 0. The average Bonchev–Trinajstić information content (AvgIpc) is 1.50. The van der Waals surface area contributed by atoms with Crippen LogP contribution in [-0.2, 0) is 21.7 Å². The molecule has 0 atom stereocenters. The minimum atomic E-state index is -0.671. The number of rotatable bonds is 3. The summed E-state index contributed by atoms with van der Waals surface area (Å²) in [5.74, 6) is 0. The third-order valence-electron chi connectivity index (χ3n) is 22.7. The van der Waals surface area contributed by atoms with Crippen LogP contribution in [0.3, 0.4) is 0 Å². The first-order valence-electron chi connectivity index (χ1n) is 32.3. The highest BCUT2D eigenvalue weighted by Crippen LogP contribution is 2.70. The third kappa shape index (κ3) is 5.81. The van der Waals surface area contributed by atoms with E-state index in [9.17, 15) is 0 Å². The maximum Gasteiger partial charge on any atom is 0.144 e. The van der Waals surface area contributed by atoms with Crippen molar-refractivity contribution in [1.29, 1.82) is 0 Å². The van der Waals surface area contributed by atoms with Crippen LogP contribution in [0.1, 0.15) is 106 Å². The van der Waals surface area contributed by atoms with Gasteiger partial charge >= 0.3 is 0 Å². The van der Waals surface area contributed by atoms with Gasteiger partial charge in [0, 0.05) is 55.0 Å². The standard InChI is InChI=1S/C88H59NO2/c1-48-41-49(2)43-52(42-48)89(50-36-38-59-70(44-50)86(5,6)83-81(59)84-80(61-27-13-20-34-75(61)91-84)79-58-25-11-14-28-64(58)85(3,4)82(79)83)51-35-37-57-62-46-73-63(47-72(62)88(71(57)45-51)67-31-17-9-23-55(67)56-24-10-18-32-68(56)88)77-69(39-40-76-78(77)60-26-12-19-33-74(60)90-76)87(73)65-29-15-7-21-53(65)54-22-8-16-30-66(54)87/h7-47H,1-6H3. The van der Waals surface area contributed by atoms with Crippen LogP contribution in [0.4, 0.5) is 17.1 Å². The lowest BCUT2D eigenvalue weighted by molar-refractivity contribution is 0.600. The van der Waals surface area contributed by atoms with Crippen molar-refractivity contribution in [2.75, 3.05) is 4.90 Å². The molecule has 0 radical (unpaired) electrons. The summed E-state index contributed by atoms with van der Waals surface area (Å²) in [6.45, 7) is 14.3. The Kier molecular flexibility index (Phi) is 9.23. The first kappa shape index (κ1) is 50.2. The minimum absolute atomic E-state index is 0.249. The molecule has 15 aromatic rings. The highest BCUT2D eigenvalue weighted by Gasteiger charge is 2.57. The molecule has 2 heterocycles. The van der Waals surface area contributed by atoms with Crippen molar-refractivity contribution in [1.82, 2.24) is 0 Å². The van der Waals surface area contributed by atoms with Crippen LogP contribution in [0.15, 0.2) is 258 Å². The molecule has 3 heteroatoms. The zero-order valence-electron chi connectivity index (χ0n) is 51.4. The Morgan fingerprint density at radius 3 is 1.34 bits per heavy atom. The predicted molar refractivity (Wildman–Crippen MR) is 373 cm³/mol. The van der Waals surface area contributed by atoms with E-state index < -0.39 is 16.2 Å². The van der Waals surface area contributed by atoms with E-state index in [4.69, 9.17) is 8.83 Å². The molecular weight excluding hydrogens is 1100 g/mol. The van der Waals surface area contributed by atoms with Gasteiger partial charge in [0.1, 0.15) is 22.3 Å². The zero-order valence-corrected chi connectivity index (χ0v) is 51.4. The number of hydrogen-bond donors (Lipinski definition) is 0. The number of fused-ring (bicyclic) bond motifs is 36. The van der Waals surface area contributed by atoms with Gasteiger partial charge in [-0.2, -0.15) is 0 Å². The van der Waals surface area contributed by atoms with E-state index in [0.29, 0.717) is 0 Å². The first-order valence-corrected chi connectivity index (χ1v) is 32.3. The summed E-state index contributed by atoms with van der Waals surface area (Å²) in [5, 5.41) is 4.71. The molecule has 428 valence electrons. The quantitative estimate of drug-likeness (QED) is 0.177. The molecule has 6 aliphatic rings. The van der Waals surface area contributed by atoms with E-state index in [0.717, 1.165) is 44.8 Å². The molecule has 0 bridgehead atoms. The molecular formula is C88H59NO2. The van der Waals surface area contributed by atoms with Gasteiger partial charge in [-0.3, -0.25) is 0 Å². The molecule has 0 saturated heterocycles. The number of aryl methyl sites for hydroxylation is 2. The molecule has 91 heavy (non-hydrogen) atoms. The first-order chi connectivity index (χ1) is 44.5. The monoisotopic (exact) mass is 1160 g/mol.